The summed E-state index contributed by atoms with van der Waals surface area (Å²) < 4.78 is 10.0. The summed E-state index contributed by atoms with van der Waals surface area (Å²) >= 11 is 0. The molecule has 0 aliphatic heterocycles. The highest BCUT2D eigenvalue weighted by molar-refractivity contribution is 6.77. The Bertz CT molecular complexity index is 408. The molecule has 0 bridgehead atoms. The van der Waals surface area contributed by atoms with Gasteiger partial charge >= 0.3 is 8.56 Å². The van der Waals surface area contributed by atoms with E-state index in [1.165, 1.54) is 5.56 Å². The highest BCUT2D eigenvalue weighted by atomic mass is 28.4. The van der Waals surface area contributed by atoms with Gasteiger partial charge in [-0.05, 0) is 23.7 Å². The molecule has 128 valence electrons. The lowest BCUT2D eigenvalue weighted by atomic mass is 10.2. The van der Waals surface area contributed by atoms with Gasteiger partial charge in [-0.15, -0.1) is 0 Å². The molecule has 0 radical (unpaired) electrons. The summed E-state index contributed by atoms with van der Waals surface area (Å²) in [5.74, 6) is 0. The molecule has 1 N–H and O–H groups in total. The van der Waals surface area contributed by atoms with Crippen molar-refractivity contribution in [2.45, 2.75) is 58.5 Å². The van der Waals surface area contributed by atoms with Crippen LogP contribution in [0.1, 0.15) is 26.3 Å². The Balaban J connectivity index is 0.000000534. The number of nitrogens with one attached hydrogen (secondary N) is 1. The van der Waals surface area contributed by atoms with Crippen molar-refractivity contribution >= 4 is 16.8 Å². The predicted molar refractivity (Wildman–Crippen MR) is 102 cm³/mol. The van der Waals surface area contributed by atoms with Crippen molar-refractivity contribution in [2.24, 2.45) is 0 Å². The Morgan fingerprint density at radius 2 is 1.36 bits per heavy atom. The molecule has 0 aromatic heterocycles. The molecule has 0 saturated heterocycles. The fourth-order valence-corrected chi connectivity index (χ4v) is 2.61. The summed E-state index contributed by atoms with van der Waals surface area (Å²) in [7, 11) is 0.364. The minimum absolute atomic E-state index is 0.405. The van der Waals surface area contributed by atoms with E-state index in [-0.39, 0.29) is 0 Å². The zero-order valence-corrected chi connectivity index (χ0v) is 17.9. The third kappa shape index (κ3) is 8.24. The molecular weight excluding hydrogens is 306 g/mol. The molecule has 22 heavy (non-hydrogen) atoms. The van der Waals surface area contributed by atoms with Gasteiger partial charge < -0.3 is 13.8 Å². The van der Waals surface area contributed by atoms with Crippen LogP contribution in [0.4, 0.5) is 0 Å². The first-order valence-corrected chi connectivity index (χ1v) is 13.7. The van der Waals surface area contributed by atoms with E-state index in [9.17, 15) is 0 Å². The normalized spacial score (nSPS) is 12.6. The van der Waals surface area contributed by atoms with Gasteiger partial charge in [0.05, 0.1) is 0 Å². The topological polar surface area (TPSA) is 30.5 Å². The van der Waals surface area contributed by atoms with Gasteiger partial charge in [0, 0.05) is 20.8 Å². The molecule has 0 atom stereocenters. The minimum Gasteiger partial charge on any atom is -0.398 e. The van der Waals surface area contributed by atoms with Crippen LogP contribution in [0, 0.1) is 0 Å². The average Bonchev–Trinajstić information content (AvgIpc) is 2.46. The monoisotopic (exact) mass is 341 g/mol. The first-order valence-electron chi connectivity index (χ1n) is 7.84. The number of hydrogen-bond acceptors (Lipinski definition) is 3. The van der Waals surface area contributed by atoms with Crippen LogP contribution in [0.2, 0.25) is 31.2 Å². The summed E-state index contributed by atoms with van der Waals surface area (Å²) in [6.07, 6.45) is 0. The third-order valence-electron chi connectivity index (χ3n) is 4.44. The smallest absolute Gasteiger partial charge is 0.331 e. The Kier molecular flexibility index (Phi) is 8.79. The Hall–Kier alpha value is -0.466. The van der Waals surface area contributed by atoms with Crippen molar-refractivity contribution < 1.29 is 8.85 Å². The Morgan fingerprint density at radius 1 is 0.909 bits per heavy atom. The van der Waals surface area contributed by atoms with Gasteiger partial charge in [-0.1, -0.05) is 64.2 Å². The molecule has 0 heterocycles. The maximum absolute atomic E-state index is 5.00. The van der Waals surface area contributed by atoms with Gasteiger partial charge in [0.2, 0.25) is 0 Å². The molecule has 0 saturated carbocycles. The fraction of sp³-hybridized carbons (Fsp3) is 0.647. The van der Waals surface area contributed by atoms with Crippen LogP contribution >= 0.6 is 0 Å². The zero-order valence-electron chi connectivity index (χ0n) is 15.9. The van der Waals surface area contributed by atoms with Crippen molar-refractivity contribution in [2.75, 3.05) is 14.2 Å². The molecule has 0 aliphatic rings. The van der Waals surface area contributed by atoms with E-state index in [0.717, 1.165) is 6.54 Å². The molecule has 1 aromatic rings. The fourth-order valence-electron chi connectivity index (χ4n) is 1.27. The van der Waals surface area contributed by atoms with Gasteiger partial charge in [-0.25, -0.2) is 0 Å². The van der Waals surface area contributed by atoms with E-state index in [2.05, 4.69) is 69.2 Å². The van der Waals surface area contributed by atoms with Gasteiger partial charge in [0.25, 0.3) is 0 Å². The second-order valence-corrected chi connectivity index (χ2v) is 16.2. The lowest BCUT2D eigenvalue weighted by Gasteiger charge is -2.37. The third-order valence-corrected chi connectivity index (χ3v) is 11.2. The maximum atomic E-state index is 5.00. The van der Waals surface area contributed by atoms with E-state index < -0.39 is 16.8 Å². The molecule has 0 aliphatic carbocycles. The summed E-state index contributed by atoms with van der Waals surface area (Å²) in [5, 5.41) is 0.405. The minimum atomic E-state index is -1.65. The molecule has 0 fully saturated rings. The van der Waals surface area contributed by atoms with Gasteiger partial charge in [0.15, 0.2) is 0 Å². The van der Waals surface area contributed by atoms with Crippen molar-refractivity contribution in [3.63, 3.8) is 0 Å². The number of benzene rings is 1. The summed E-state index contributed by atoms with van der Waals surface area (Å²) in [6, 6.07) is 10.6. The van der Waals surface area contributed by atoms with Crippen LogP contribution < -0.4 is 4.98 Å². The van der Waals surface area contributed by atoms with E-state index in [4.69, 9.17) is 8.85 Å². The van der Waals surface area contributed by atoms with Gasteiger partial charge in [-0.3, -0.25) is 0 Å². The van der Waals surface area contributed by atoms with Crippen molar-refractivity contribution in [3.8, 4) is 0 Å². The molecule has 0 amide bonds. The quantitative estimate of drug-likeness (QED) is 0.783. The van der Waals surface area contributed by atoms with Crippen molar-refractivity contribution in [1.29, 1.82) is 0 Å². The standard InChI is InChI=1S/C13H23NSi.C4H12O2Si/c1-13(2,3)15(4,5)14-11-12-9-7-6-8-10-12;1-5-7(3,4)6-2/h6-10,14H,11H2,1-5H3;1-4H3. The van der Waals surface area contributed by atoms with Crippen LogP contribution in [-0.4, -0.2) is 31.0 Å². The highest BCUT2D eigenvalue weighted by Gasteiger charge is 2.34. The van der Waals surface area contributed by atoms with Crippen LogP contribution in [0.25, 0.3) is 0 Å². The molecule has 0 unspecified atom stereocenters. The van der Waals surface area contributed by atoms with Crippen LogP contribution in [-0.2, 0) is 15.4 Å². The average molecular weight is 342 g/mol. The van der Waals surface area contributed by atoms with E-state index in [1.54, 1.807) is 14.2 Å². The summed E-state index contributed by atoms with van der Waals surface area (Å²) in [5.41, 5.74) is 1.38. The van der Waals surface area contributed by atoms with Crippen molar-refractivity contribution in [3.05, 3.63) is 35.9 Å². The number of hydrogen-bond donors (Lipinski definition) is 1. The van der Waals surface area contributed by atoms with E-state index in [1.807, 2.05) is 13.1 Å². The first-order chi connectivity index (χ1) is 9.95. The molecule has 1 rings (SSSR count). The Morgan fingerprint density at radius 3 is 1.68 bits per heavy atom. The largest absolute Gasteiger partial charge is 0.398 e. The molecule has 1 aromatic carbocycles. The number of rotatable bonds is 5. The molecule has 0 spiro atoms. The first kappa shape index (κ1) is 21.5. The second-order valence-electron chi connectivity index (χ2n) is 7.52. The van der Waals surface area contributed by atoms with E-state index in [0.29, 0.717) is 5.04 Å². The molecular formula is C17H35NO2Si2. The van der Waals surface area contributed by atoms with E-state index >= 15 is 0 Å². The zero-order chi connectivity index (χ0) is 17.4. The summed E-state index contributed by atoms with van der Waals surface area (Å²) in [4.78, 5) is 3.75. The van der Waals surface area contributed by atoms with Crippen LogP contribution in [0.3, 0.4) is 0 Å². The lowest BCUT2D eigenvalue weighted by Crippen LogP contribution is -2.51. The summed E-state index contributed by atoms with van der Waals surface area (Å²) in [6.45, 7) is 16.8. The van der Waals surface area contributed by atoms with Gasteiger partial charge in [0.1, 0.15) is 8.24 Å². The SMILES string of the molecule is CC(C)(C)[Si](C)(C)NCc1ccccc1.CO[Si](C)(C)OC. The molecule has 5 heteroatoms. The van der Waals surface area contributed by atoms with Crippen LogP contribution in [0.15, 0.2) is 30.3 Å². The van der Waals surface area contributed by atoms with Crippen molar-refractivity contribution in [1.82, 2.24) is 4.98 Å². The predicted octanol–water partition coefficient (Wildman–Crippen LogP) is 4.76. The highest BCUT2D eigenvalue weighted by Crippen LogP contribution is 2.33. The molecule has 3 nitrogen and oxygen atoms in total. The Labute approximate surface area is 139 Å². The second kappa shape index (κ2) is 8.98. The lowest BCUT2D eigenvalue weighted by molar-refractivity contribution is 0.258. The van der Waals surface area contributed by atoms with Gasteiger partial charge in [-0.2, -0.15) is 0 Å². The maximum Gasteiger partial charge on any atom is 0.331 e. The van der Waals surface area contributed by atoms with Crippen LogP contribution in [0.5, 0.6) is 0 Å².